The van der Waals surface area contributed by atoms with Crippen LogP contribution in [0, 0.1) is 6.92 Å². The highest BCUT2D eigenvalue weighted by atomic mass is 32.1. The second-order valence-electron chi connectivity index (χ2n) is 6.27. The average molecular weight is 357 g/mol. The van der Waals surface area contributed by atoms with Crippen molar-refractivity contribution in [3.8, 4) is 11.3 Å². The summed E-state index contributed by atoms with van der Waals surface area (Å²) in [6.07, 6.45) is 0. The molecular weight excluding hydrogens is 338 g/mol. The second-order valence-corrected chi connectivity index (χ2v) is 7.13. The topological polar surface area (TPSA) is 37.3 Å². The summed E-state index contributed by atoms with van der Waals surface area (Å²) in [7, 11) is 0. The fraction of sp³-hybridized carbons (Fsp3) is 0.0909. The van der Waals surface area contributed by atoms with Crippen LogP contribution in [-0.4, -0.2) is 10.7 Å². The van der Waals surface area contributed by atoms with Gasteiger partial charge in [0, 0.05) is 10.9 Å². The summed E-state index contributed by atoms with van der Waals surface area (Å²) in [5.41, 5.74) is 8.45. The van der Waals surface area contributed by atoms with Crippen LogP contribution in [0.5, 0.6) is 0 Å². The lowest BCUT2D eigenvalue weighted by Crippen LogP contribution is -1.99. The maximum atomic E-state index is 4.67. The van der Waals surface area contributed by atoms with Gasteiger partial charge in [0.2, 0.25) is 5.13 Å². The lowest BCUT2D eigenvalue weighted by molar-refractivity contribution is 1.27. The molecule has 4 heteroatoms. The molecule has 0 aliphatic heterocycles. The molecule has 1 aromatic heterocycles. The number of anilines is 1. The summed E-state index contributed by atoms with van der Waals surface area (Å²) < 4.78 is 0. The van der Waals surface area contributed by atoms with Gasteiger partial charge in [0.05, 0.1) is 11.4 Å². The number of thiazole rings is 1. The largest absolute Gasteiger partial charge is 0.252 e. The third-order valence-corrected chi connectivity index (χ3v) is 5.08. The van der Waals surface area contributed by atoms with Crippen molar-refractivity contribution in [3.63, 3.8) is 0 Å². The molecular formula is C22H19N3S. The van der Waals surface area contributed by atoms with Gasteiger partial charge in [-0.3, -0.25) is 5.43 Å². The third-order valence-electron chi connectivity index (χ3n) is 4.34. The molecule has 0 aliphatic carbocycles. The Hall–Kier alpha value is -2.98. The first-order chi connectivity index (χ1) is 12.7. The average Bonchev–Trinajstić information content (AvgIpc) is 3.15. The zero-order valence-corrected chi connectivity index (χ0v) is 15.5. The fourth-order valence-electron chi connectivity index (χ4n) is 2.80. The molecule has 3 aromatic carbocycles. The molecule has 0 fully saturated rings. The van der Waals surface area contributed by atoms with Gasteiger partial charge in [-0.25, -0.2) is 4.98 Å². The minimum atomic E-state index is 0.791. The molecule has 1 heterocycles. The van der Waals surface area contributed by atoms with Gasteiger partial charge < -0.3 is 0 Å². The summed E-state index contributed by atoms with van der Waals surface area (Å²) >= 11 is 1.56. The molecule has 26 heavy (non-hydrogen) atoms. The van der Waals surface area contributed by atoms with Crippen LogP contribution < -0.4 is 5.43 Å². The summed E-state index contributed by atoms with van der Waals surface area (Å²) in [6, 6.07) is 23.1. The number of hydrogen-bond donors (Lipinski definition) is 1. The molecule has 0 unspecified atom stereocenters. The highest BCUT2D eigenvalue weighted by molar-refractivity contribution is 7.14. The standard InChI is InChI=1S/C22H19N3S/c1-15-7-9-17(10-8-15)16(2)24-25-22-23-21(14-26-22)20-12-11-18-5-3-4-6-19(18)13-20/h3-14H,1-2H3,(H,23,25)/b24-16-. The molecule has 0 saturated carbocycles. The van der Waals surface area contributed by atoms with Crippen molar-refractivity contribution in [2.75, 3.05) is 5.43 Å². The Morgan fingerprint density at radius 1 is 0.962 bits per heavy atom. The van der Waals surface area contributed by atoms with E-state index in [-0.39, 0.29) is 0 Å². The van der Waals surface area contributed by atoms with Crippen molar-refractivity contribution < 1.29 is 0 Å². The molecule has 4 rings (SSSR count). The Bertz CT molecular complexity index is 1080. The SMILES string of the molecule is C/C(=N/Nc1nc(-c2ccc3ccccc3c2)cs1)c1ccc(C)cc1. The highest BCUT2D eigenvalue weighted by Gasteiger charge is 2.05. The number of benzene rings is 3. The highest BCUT2D eigenvalue weighted by Crippen LogP contribution is 2.27. The van der Waals surface area contributed by atoms with E-state index in [4.69, 9.17) is 0 Å². The van der Waals surface area contributed by atoms with Crippen molar-refractivity contribution in [1.82, 2.24) is 4.98 Å². The zero-order chi connectivity index (χ0) is 17.9. The van der Waals surface area contributed by atoms with E-state index in [0.29, 0.717) is 0 Å². The Morgan fingerprint density at radius 2 is 1.73 bits per heavy atom. The zero-order valence-electron chi connectivity index (χ0n) is 14.7. The van der Waals surface area contributed by atoms with Crippen LogP contribution in [0.1, 0.15) is 18.1 Å². The van der Waals surface area contributed by atoms with Gasteiger partial charge in [0.1, 0.15) is 0 Å². The van der Waals surface area contributed by atoms with Crippen LogP contribution in [0.2, 0.25) is 0 Å². The van der Waals surface area contributed by atoms with Crippen LogP contribution in [0.4, 0.5) is 5.13 Å². The molecule has 0 bridgehead atoms. The Morgan fingerprint density at radius 3 is 2.54 bits per heavy atom. The quantitative estimate of drug-likeness (QED) is 0.353. The van der Waals surface area contributed by atoms with Gasteiger partial charge in [0.15, 0.2) is 0 Å². The maximum Gasteiger partial charge on any atom is 0.203 e. The number of hydrazone groups is 1. The van der Waals surface area contributed by atoms with Crippen molar-refractivity contribution in [2.24, 2.45) is 5.10 Å². The van der Waals surface area contributed by atoms with Crippen LogP contribution in [0.15, 0.2) is 77.2 Å². The minimum absolute atomic E-state index is 0.791. The van der Waals surface area contributed by atoms with E-state index in [1.54, 1.807) is 11.3 Å². The van der Waals surface area contributed by atoms with E-state index in [1.165, 1.54) is 16.3 Å². The number of aromatic nitrogens is 1. The smallest absolute Gasteiger partial charge is 0.203 e. The summed E-state index contributed by atoms with van der Waals surface area (Å²) in [6.45, 7) is 4.08. The monoisotopic (exact) mass is 357 g/mol. The molecule has 128 valence electrons. The molecule has 0 atom stereocenters. The first-order valence-corrected chi connectivity index (χ1v) is 9.39. The predicted molar refractivity (Wildman–Crippen MR) is 112 cm³/mol. The Labute approximate surface area is 157 Å². The molecule has 0 amide bonds. The molecule has 4 aromatic rings. The molecule has 0 aliphatic rings. The van der Waals surface area contributed by atoms with E-state index in [9.17, 15) is 0 Å². The summed E-state index contributed by atoms with van der Waals surface area (Å²) in [4.78, 5) is 4.67. The molecule has 0 radical (unpaired) electrons. The van der Waals surface area contributed by atoms with Crippen molar-refractivity contribution in [1.29, 1.82) is 0 Å². The van der Waals surface area contributed by atoms with Gasteiger partial charge in [-0.1, -0.05) is 66.2 Å². The van der Waals surface area contributed by atoms with E-state index < -0.39 is 0 Å². The van der Waals surface area contributed by atoms with Crippen molar-refractivity contribution in [3.05, 3.63) is 83.2 Å². The molecule has 0 saturated heterocycles. The van der Waals surface area contributed by atoms with E-state index in [1.807, 2.05) is 6.92 Å². The minimum Gasteiger partial charge on any atom is -0.252 e. The van der Waals surface area contributed by atoms with Crippen LogP contribution in [-0.2, 0) is 0 Å². The van der Waals surface area contributed by atoms with E-state index in [0.717, 1.165) is 27.7 Å². The maximum absolute atomic E-state index is 4.67. The predicted octanol–water partition coefficient (Wildman–Crippen LogP) is 6.11. The molecule has 1 N–H and O–H groups in total. The normalized spacial score (nSPS) is 11.7. The summed E-state index contributed by atoms with van der Waals surface area (Å²) in [5.74, 6) is 0. The number of rotatable bonds is 4. The lowest BCUT2D eigenvalue weighted by atomic mass is 10.1. The van der Waals surface area contributed by atoms with Gasteiger partial charge in [0.25, 0.3) is 0 Å². The number of aryl methyl sites for hydroxylation is 1. The van der Waals surface area contributed by atoms with Gasteiger partial charge >= 0.3 is 0 Å². The van der Waals surface area contributed by atoms with Crippen LogP contribution in [0.25, 0.3) is 22.0 Å². The first-order valence-electron chi connectivity index (χ1n) is 8.51. The molecule has 0 spiro atoms. The van der Waals surface area contributed by atoms with Crippen molar-refractivity contribution >= 4 is 33.0 Å². The number of hydrogen-bond acceptors (Lipinski definition) is 4. The number of nitrogens with zero attached hydrogens (tertiary/aromatic N) is 2. The van der Waals surface area contributed by atoms with Crippen LogP contribution in [0.3, 0.4) is 0 Å². The second kappa shape index (κ2) is 7.10. The first kappa shape index (κ1) is 16.5. The van der Waals surface area contributed by atoms with Gasteiger partial charge in [-0.2, -0.15) is 5.10 Å². The summed E-state index contributed by atoms with van der Waals surface area (Å²) in [5, 5.41) is 9.78. The lowest BCUT2D eigenvalue weighted by Gasteiger charge is -2.02. The van der Waals surface area contributed by atoms with Crippen LogP contribution >= 0.6 is 11.3 Å². The fourth-order valence-corrected chi connectivity index (χ4v) is 3.46. The Kier molecular flexibility index (Phi) is 4.50. The molecule has 3 nitrogen and oxygen atoms in total. The number of nitrogens with one attached hydrogen (secondary N) is 1. The van der Waals surface area contributed by atoms with Crippen molar-refractivity contribution in [2.45, 2.75) is 13.8 Å². The number of fused-ring (bicyclic) bond motifs is 1. The van der Waals surface area contributed by atoms with E-state index in [2.05, 4.69) is 94.5 Å². The van der Waals surface area contributed by atoms with Gasteiger partial charge in [-0.15, -0.1) is 11.3 Å². The third kappa shape index (κ3) is 3.51. The van der Waals surface area contributed by atoms with Gasteiger partial charge in [-0.05, 0) is 36.2 Å². The van der Waals surface area contributed by atoms with E-state index >= 15 is 0 Å². The Balaban J connectivity index is 1.53.